The summed E-state index contributed by atoms with van der Waals surface area (Å²) in [6.45, 7) is 3.63. The van der Waals surface area contributed by atoms with Crippen molar-refractivity contribution in [2.45, 2.75) is 18.5 Å². The van der Waals surface area contributed by atoms with Gasteiger partial charge in [0.25, 0.3) is 0 Å². The third-order valence-electron chi connectivity index (χ3n) is 2.56. The molecule has 0 aliphatic heterocycles. The molecule has 0 saturated heterocycles. The molecule has 0 fully saturated rings. The molecule has 0 bridgehead atoms. The molecule has 0 aromatic rings. The van der Waals surface area contributed by atoms with E-state index in [1.165, 1.54) is 18.2 Å². The van der Waals surface area contributed by atoms with Crippen molar-refractivity contribution in [3.05, 3.63) is 36.0 Å². The van der Waals surface area contributed by atoms with Gasteiger partial charge >= 0.3 is 17.9 Å². The smallest absolute Gasteiger partial charge is 0.333 e. The van der Waals surface area contributed by atoms with E-state index in [-0.39, 0.29) is 5.57 Å². The molecule has 0 saturated carbocycles. The highest BCUT2D eigenvalue weighted by molar-refractivity contribution is 5.90. The minimum atomic E-state index is -1.39. The maximum atomic E-state index is 11.0. The summed E-state index contributed by atoms with van der Waals surface area (Å²) < 4.78 is 0. The molecular weight excluding hydrogens is 254 g/mol. The lowest BCUT2D eigenvalue weighted by Crippen LogP contribution is -2.47. The first-order valence-corrected chi connectivity index (χ1v) is 5.34. The maximum Gasteiger partial charge on any atom is 0.333 e. The minimum absolute atomic E-state index is 0.0795. The van der Waals surface area contributed by atoms with Crippen molar-refractivity contribution in [2.75, 3.05) is 0 Å². The fourth-order valence-electron chi connectivity index (χ4n) is 1.65. The van der Waals surface area contributed by atoms with Crippen LogP contribution in [0.1, 0.15) is 6.42 Å². The van der Waals surface area contributed by atoms with Gasteiger partial charge in [0.15, 0.2) is 0 Å². The molecule has 0 heterocycles. The first-order valence-electron chi connectivity index (χ1n) is 5.34. The molecule has 7 nitrogen and oxygen atoms in total. The Balaban J connectivity index is 2.93. The number of nitrogens with one attached hydrogen (secondary N) is 1. The van der Waals surface area contributed by atoms with E-state index in [9.17, 15) is 14.4 Å². The van der Waals surface area contributed by atoms with E-state index >= 15 is 0 Å². The van der Waals surface area contributed by atoms with Gasteiger partial charge in [-0.25, -0.2) is 4.79 Å². The van der Waals surface area contributed by atoms with Crippen LogP contribution in [0.5, 0.6) is 0 Å². The Morgan fingerprint density at radius 3 is 2.42 bits per heavy atom. The molecule has 19 heavy (non-hydrogen) atoms. The highest BCUT2D eigenvalue weighted by Gasteiger charge is 2.30. The van der Waals surface area contributed by atoms with Crippen molar-refractivity contribution in [1.29, 1.82) is 0 Å². The zero-order chi connectivity index (χ0) is 14.6. The molecule has 1 aliphatic rings. The van der Waals surface area contributed by atoms with Crippen LogP contribution in [-0.4, -0.2) is 45.3 Å². The minimum Gasteiger partial charge on any atom is -0.481 e. The van der Waals surface area contributed by atoms with Gasteiger partial charge in [-0.1, -0.05) is 18.7 Å². The Morgan fingerprint density at radius 2 is 1.95 bits per heavy atom. The number of aliphatic carboxylic acids is 3. The summed E-state index contributed by atoms with van der Waals surface area (Å²) in [6.07, 6.45) is 3.67. The van der Waals surface area contributed by atoms with Crippen molar-refractivity contribution in [3.8, 4) is 0 Å². The fraction of sp³-hybridized carbons (Fsp3) is 0.250. The van der Waals surface area contributed by atoms with E-state index in [1.54, 1.807) is 0 Å². The Hall–Kier alpha value is -2.41. The molecule has 0 aromatic heterocycles. The summed E-state index contributed by atoms with van der Waals surface area (Å²) in [5.74, 6) is -3.88. The molecular formula is C12H13NO6. The molecule has 0 amide bonds. The van der Waals surface area contributed by atoms with Crippen LogP contribution in [0.4, 0.5) is 0 Å². The average Bonchev–Trinajstić information content (AvgIpc) is 2.29. The van der Waals surface area contributed by atoms with E-state index in [2.05, 4.69) is 11.9 Å². The fourth-order valence-corrected chi connectivity index (χ4v) is 1.65. The number of carbonyl (C=O) groups is 3. The van der Waals surface area contributed by atoms with Crippen LogP contribution in [0.25, 0.3) is 0 Å². The number of rotatable bonds is 6. The number of hydrogen-bond donors (Lipinski definition) is 4. The molecule has 4 N–H and O–H groups in total. The third kappa shape index (κ3) is 3.78. The lowest BCUT2D eigenvalue weighted by molar-refractivity contribution is -0.146. The molecule has 1 aliphatic carbocycles. The van der Waals surface area contributed by atoms with Gasteiger partial charge in [-0.2, -0.15) is 0 Å². The second-order valence-corrected chi connectivity index (χ2v) is 3.95. The number of hydrogen-bond acceptors (Lipinski definition) is 4. The van der Waals surface area contributed by atoms with Crippen LogP contribution in [0.3, 0.4) is 0 Å². The first kappa shape index (κ1) is 14.7. The summed E-state index contributed by atoms with van der Waals surface area (Å²) >= 11 is 0. The van der Waals surface area contributed by atoms with Crippen LogP contribution >= 0.6 is 0 Å². The lowest BCUT2D eigenvalue weighted by atomic mass is 9.93. The van der Waals surface area contributed by atoms with E-state index in [1.807, 2.05) is 0 Å². The predicted molar refractivity (Wildman–Crippen MR) is 64.6 cm³/mol. The molecule has 0 aromatic carbocycles. The standard InChI is InChI=1S/C12H13NO6/c1-6-3-2-4-7(11(16)17)10(6)13-8(12(18)19)5-9(14)15/h2-4,8,10,13H,1,5H2,(H,14,15)(H,16,17)(H,18,19). The van der Waals surface area contributed by atoms with Crippen molar-refractivity contribution in [2.24, 2.45) is 0 Å². The van der Waals surface area contributed by atoms with Gasteiger partial charge in [0.05, 0.1) is 18.0 Å². The molecule has 2 unspecified atom stereocenters. The number of carboxylic acids is 3. The zero-order valence-electron chi connectivity index (χ0n) is 9.87. The van der Waals surface area contributed by atoms with Crippen LogP contribution in [0.2, 0.25) is 0 Å². The SMILES string of the molecule is C=C1C=CC=C(C(=O)O)C1NC(CC(=O)O)C(=O)O. The first-order chi connectivity index (χ1) is 8.82. The molecule has 7 heteroatoms. The molecule has 102 valence electrons. The number of allylic oxidation sites excluding steroid dienone is 2. The molecule has 0 spiro atoms. The van der Waals surface area contributed by atoms with Gasteiger partial charge in [-0.15, -0.1) is 0 Å². The normalized spacial score (nSPS) is 19.7. The van der Waals surface area contributed by atoms with Crippen LogP contribution < -0.4 is 5.32 Å². The van der Waals surface area contributed by atoms with Crippen LogP contribution in [0, 0.1) is 0 Å². The van der Waals surface area contributed by atoms with Gasteiger partial charge in [0.1, 0.15) is 6.04 Å². The molecule has 2 atom stereocenters. The topological polar surface area (TPSA) is 124 Å². The van der Waals surface area contributed by atoms with Crippen molar-refractivity contribution >= 4 is 17.9 Å². The van der Waals surface area contributed by atoms with Crippen molar-refractivity contribution < 1.29 is 29.7 Å². The van der Waals surface area contributed by atoms with E-state index in [0.717, 1.165) is 0 Å². The highest BCUT2D eigenvalue weighted by Crippen LogP contribution is 2.18. The van der Waals surface area contributed by atoms with Gasteiger partial charge in [0, 0.05) is 0 Å². The second-order valence-electron chi connectivity index (χ2n) is 3.95. The summed E-state index contributed by atoms with van der Waals surface area (Å²) in [4.78, 5) is 32.6. The lowest BCUT2D eigenvalue weighted by Gasteiger charge is -2.25. The predicted octanol–water partition coefficient (Wildman–Crippen LogP) is 0.00950. The van der Waals surface area contributed by atoms with Crippen molar-refractivity contribution in [3.63, 3.8) is 0 Å². The largest absolute Gasteiger partial charge is 0.481 e. The monoisotopic (exact) mass is 267 g/mol. The zero-order valence-corrected chi connectivity index (χ0v) is 9.87. The molecule has 1 rings (SSSR count). The van der Waals surface area contributed by atoms with E-state index in [4.69, 9.17) is 15.3 Å². The summed E-state index contributed by atoms with van der Waals surface area (Å²) in [7, 11) is 0. The quantitative estimate of drug-likeness (QED) is 0.534. The van der Waals surface area contributed by atoms with Crippen LogP contribution in [0.15, 0.2) is 36.0 Å². The summed E-state index contributed by atoms with van der Waals surface area (Å²) in [5.41, 5.74) is 0.278. The number of carboxylic acid groups (broad SMARTS) is 3. The third-order valence-corrected chi connectivity index (χ3v) is 2.56. The van der Waals surface area contributed by atoms with Crippen LogP contribution in [-0.2, 0) is 14.4 Å². The Bertz CT molecular complexity index is 490. The van der Waals surface area contributed by atoms with E-state index in [0.29, 0.717) is 5.57 Å². The second kappa shape index (κ2) is 5.96. The maximum absolute atomic E-state index is 11.0. The Morgan fingerprint density at radius 1 is 1.32 bits per heavy atom. The van der Waals surface area contributed by atoms with Gasteiger partial charge in [-0.05, 0) is 11.6 Å². The average molecular weight is 267 g/mol. The van der Waals surface area contributed by atoms with Gasteiger partial charge in [0.2, 0.25) is 0 Å². The van der Waals surface area contributed by atoms with Gasteiger partial charge < -0.3 is 15.3 Å². The Labute approximate surface area is 108 Å². The van der Waals surface area contributed by atoms with Crippen molar-refractivity contribution in [1.82, 2.24) is 5.32 Å². The molecule has 0 radical (unpaired) electrons. The van der Waals surface area contributed by atoms with E-state index < -0.39 is 36.4 Å². The Kier molecular flexibility index (Phi) is 4.60. The summed E-state index contributed by atoms with van der Waals surface area (Å²) in [6, 6.07) is -2.32. The highest BCUT2D eigenvalue weighted by atomic mass is 16.4. The van der Waals surface area contributed by atoms with Gasteiger partial charge in [-0.3, -0.25) is 14.9 Å². The summed E-state index contributed by atoms with van der Waals surface area (Å²) in [5, 5.41) is 29.1.